The van der Waals surface area contributed by atoms with Gasteiger partial charge < -0.3 is 5.73 Å². The lowest BCUT2D eigenvalue weighted by Crippen LogP contribution is -1.98. The SMILES string of the molecule is Nc1cn(-c2ccccc2F)nc1-c1ccc(F)c(F)c1. The zero-order valence-electron chi connectivity index (χ0n) is 10.7. The maximum Gasteiger partial charge on any atom is 0.159 e. The summed E-state index contributed by atoms with van der Waals surface area (Å²) in [7, 11) is 0. The average molecular weight is 289 g/mol. The van der Waals surface area contributed by atoms with E-state index in [0.717, 1.165) is 12.1 Å². The molecular weight excluding hydrogens is 279 g/mol. The van der Waals surface area contributed by atoms with Crippen LogP contribution >= 0.6 is 0 Å². The van der Waals surface area contributed by atoms with Crippen LogP contribution in [0.5, 0.6) is 0 Å². The second-order valence-corrected chi connectivity index (χ2v) is 4.46. The fraction of sp³-hybridized carbons (Fsp3) is 0. The van der Waals surface area contributed by atoms with E-state index in [2.05, 4.69) is 5.10 Å². The van der Waals surface area contributed by atoms with Crippen LogP contribution in [0.4, 0.5) is 18.9 Å². The Bertz CT molecular complexity index is 812. The van der Waals surface area contributed by atoms with Gasteiger partial charge in [-0.3, -0.25) is 0 Å². The molecule has 0 aliphatic heterocycles. The van der Waals surface area contributed by atoms with Crippen molar-refractivity contribution in [3.63, 3.8) is 0 Å². The molecule has 0 radical (unpaired) electrons. The molecule has 1 heterocycles. The van der Waals surface area contributed by atoms with Gasteiger partial charge >= 0.3 is 0 Å². The molecule has 3 aromatic rings. The molecule has 106 valence electrons. The molecular formula is C15H10F3N3. The Labute approximate surface area is 118 Å². The van der Waals surface area contributed by atoms with Gasteiger partial charge in [-0.05, 0) is 30.3 Å². The summed E-state index contributed by atoms with van der Waals surface area (Å²) >= 11 is 0. The Morgan fingerprint density at radius 2 is 1.67 bits per heavy atom. The number of nitrogens with zero attached hydrogens (tertiary/aromatic N) is 2. The van der Waals surface area contributed by atoms with Crippen molar-refractivity contribution in [2.45, 2.75) is 0 Å². The van der Waals surface area contributed by atoms with Crippen molar-refractivity contribution in [3.8, 4) is 16.9 Å². The summed E-state index contributed by atoms with van der Waals surface area (Å²) < 4.78 is 41.2. The third kappa shape index (κ3) is 2.35. The molecule has 0 spiro atoms. The Kier molecular flexibility index (Phi) is 3.13. The summed E-state index contributed by atoms with van der Waals surface area (Å²) in [5.41, 5.74) is 6.87. The van der Waals surface area contributed by atoms with Crippen molar-refractivity contribution < 1.29 is 13.2 Å². The summed E-state index contributed by atoms with van der Waals surface area (Å²) in [6, 6.07) is 9.41. The first-order valence-corrected chi connectivity index (χ1v) is 6.12. The van der Waals surface area contributed by atoms with Crippen LogP contribution in [0, 0.1) is 17.5 Å². The summed E-state index contributed by atoms with van der Waals surface area (Å²) in [4.78, 5) is 0. The van der Waals surface area contributed by atoms with E-state index < -0.39 is 17.5 Å². The average Bonchev–Trinajstić information content (AvgIpc) is 2.84. The Morgan fingerprint density at radius 1 is 0.905 bits per heavy atom. The number of halogens is 3. The molecule has 6 heteroatoms. The topological polar surface area (TPSA) is 43.8 Å². The monoisotopic (exact) mass is 289 g/mol. The van der Waals surface area contributed by atoms with E-state index in [4.69, 9.17) is 5.73 Å². The summed E-state index contributed by atoms with van der Waals surface area (Å²) in [6.07, 6.45) is 1.43. The van der Waals surface area contributed by atoms with Crippen molar-refractivity contribution in [3.05, 3.63) is 66.1 Å². The molecule has 0 saturated heterocycles. The molecule has 0 amide bonds. The highest BCUT2D eigenvalue weighted by Gasteiger charge is 2.13. The quantitative estimate of drug-likeness (QED) is 0.784. The van der Waals surface area contributed by atoms with Crippen LogP contribution in [-0.4, -0.2) is 9.78 Å². The third-order valence-corrected chi connectivity index (χ3v) is 3.03. The molecule has 3 nitrogen and oxygen atoms in total. The lowest BCUT2D eigenvalue weighted by Gasteiger charge is -2.02. The molecule has 0 fully saturated rings. The number of benzene rings is 2. The Hall–Kier alpha value is -2.76. The maximum absolute atomic E-state index is 13.7. The van der Waals surface area contributed by atoms with Gasteiger partial charge in [-0.1, -0.05) is 12.1 Å². The van der Waals surface area contributed by atoms with E-state index in [0.29, 0.717) is 5.56 Å². The van der Waals surface area contributed by atoms with Crippen LogP contribution in [-0.2, 0) is 0 Å². The summed E-state index contributed by atoms with van der Waals surface area (Å²) in [6.45, 7) is 0. The van der Waals surface area contributed by atoms with Crippen LogP contribution in [0.2, 0.25) is 0 Å². The molecule has 2 N–H and O–H groups in total. The number of aromatic nitrogens is 2. The van der Waals surface area contributed by atoms with E-state index >= 15 is 0 Å². The minimum atomic E-state index is -0.993. The predicted molar refractivity (Wildman–Crippen MR) is 73.3 cm³/mol. The molecule has 3 rings (SSSR count). The summed E-state index contributed by atoms with van der Waals surface area (Å²) in [5, 5.41) is 4.14. The molecule has 1 aromatic heterocycles. The number of rotatable bonds is 2. The second kappa shape index (κ2) is 4.97. The van der Waals surface area contributed by atoms with Gasteiger partial charge in [-0.15, -0.1) is 0 Å². The van der Waals surface area contributed by atoms with Gasteiger partial charge in [0.25, 0.3) is 0 Å². The zero-order chi connectivity index (χ0) is 15.0. The van der Waals surface area contributed by atoms with Crippen molar-refractivity contribution >= 4 is 5.69 Å². The van der Waals surface area contributed by atoms with Gasteiger partial charge in [0.2, 0.25) is 0 Å². The number of para-hydroxylation sites is 1. The number of anilines is 1. The fourth-order valence-electron chi connectivity index (χ4n) is 2.02. The second-order valence-electron chi connectivity index (χ2n) is 4.46. The number of nitrogens with two attached hydrogens (primary N) is 1. The normalized spacial score (nSPS) is 10.8. The molecule has 0 atom stereocenters. The van der Waals surface area contributed by atoms with Gasteiger partial charge in [0.15, 0.2) is 11.6 Å². The first-order chi connectivity index (χ1) is 10.1. The van der Waals surface area contributed by atoms with E-state index in [1.165, 1.54) is 29.1 Å². The Morgan fingerprint density at radius 3 is 2.38 bits per heavy atom. The van der Waals surface area contributed by atoms with Crippen molar-refractivity contribution in [2.24, 2.45) is 0 Å². The predicted octanol–water partition coefficient (Wildman–Crippen LogP) is 3.54. The highest BCUT2D eigenvalue weighted by molar-refractivity contribution is 5.72. The first-order valence-electron chi connectivity index (χ1n) is 6.12. The molecule has 2 aromatic carbocycles. The van der Waals surface area contributed by atoms with Gasteiger partial charge in [0, 0.05) is 5.56 Å². The minimum absolute atomic E-state index is 0.220. The fourth-order valence-corrected chi connectivity index (χ4v) is 2.02. The minimum Gasteiger partial charge on any atom is -0.396 e. The highest BCUT2D eigenvalue weighted by atomic mass is 19.2. The lowest BCUT2D eigenvalue weighted by atomic mass is 10.1. The van der Waals surface area contributed by atoms with Crippen LogP contribution in [0.3, 0.4) is 0 Å². The van der Waals surface area contributed by atoms with Crippen molar-refractivity contribution in [2.75, 3.05) is 5.73 Å². The van der Waals surface area contributed by atoms with E-state index in [1.807, 2.05) is 0 Å². The van der Waals surface area contributed by atoms with E-state index in [-0.39, 0.29) is 17.1 Å². The van der Waals surface area contributed by atoms with E-state index in [1.54, 1.807) is 12.1 Å². The van der Waals surface area contributed by atoms with Crippen molar-refractivity contribution in [1.29, 1.82) is 0 Å². The number of nitrogen functional groups attached to an aromatic ring is 1. The van der Waals surface area contributed by atoms with E-state index in [9.17, 15) is 13.2 Å². The Balaban J connectivity index is 2.10. The lowest BCUT2D eigenvalue weighted by molar-refractivity contribution is 0.509. The first kappa shape index (κ1) is 13.2. The smallest absolute Gasteiger partial charge is 0.159 e. The van der Waals surface area contributed by atoms with Crippen molar-refractivity contribution in [1.82, 2.24) is 9.78 Å². The van der Waals surface area contributed by atoms with Gasteiger partial charge in [-0.25, -0.2) is 17.9 Å². The molecule has 0 unspecified atom stereocenters. The van der Waals surface area contributed by atoms with Crippen LogP contribution in [0.15, 0.2) is 48.7 Å². The van der Waals surface area contributed by atoms with Crippen LogP contribution in [0.1, 0.15) is 0 Å². The largest absolute Gasteiger partial charge is 0.396 e. The molecule has 0 bridgehead atoms. The maximum atomic E-state index is 13.7. The van der Waals surface area contributed by atoms with Gasteiger partial charge in [0.1, 0.15) is 17.2 Å². The van der Waals surface area contributed by atoms with Crippen LogP contribution in [0.25, 0.3) is 16.9 Å². The molecule has 21 heavy (non-hydrogen) atoms. The zero-order valence-corrected chi connectivity index (χ0v) is 10.7. The standard InChI is InChI=1S/C15H10F3N3/c16-10-6-5-9(7-12(10)18)15-13(19)8-21(20-15)14-4-2-1-3-11(14)17/h1-8H,19H2. The van der Waals surface area contributed by atoms with Crippen LogP contribution < -0.4 is 5.73 Å². The third-order valence-electron chi connectivity index (χ3n) is 3.03. The molecule has 0 saturated carbocycles. The van der Waals surface area contributed by atoms with Gasteiger partial charge in [0.05, 0.1) is 11.9 Å². The highest BCUT2D eigenvalue weighted by Crippen LogP contribution is 2.27. The number of hydrogen-bond donors (Lipinski definition) is 1. The molecule has 0 aliphatic rings. The molecule has 0 aliphatic carbocycles. The summed E-state index contributed by atoms with van der Waals surface area (Å²) in [5.74, 6) is -2.41. The number of hydrogen-bond acceptors (Lipinski definition) is 2. The van der Waals surface area contributed by atoms with Gasteiger partial charge in [-0.2, -0.15) is 5.10 Å².